The van der Waals surface area contributed by atoms with Crippen molar-refractivity contribution in [3.05, 3.63) is 64.3 Å². The summed E-state index contributed by atoms with van der Waals surface area (Å²) in [6.45, 7) is 0.423. The first-order chi connectivity index (χ1) is 20.5. The van der Waals surface area contributed by atoms with Gasteiger partial charge in [-0.25, -0.2) is 4.57 Å². The molecule has 0 saturated carbocycles. The molecule has 2 aliphatic heterocycles. The number of carbonyl (C=O) groups is 2. The van der Waals surface area contributed by atoms with Crippen LogP contribution in [-0.2, 0) is 18.4 Å². The van der Waals surface area contributed by atoms with Crippen LogP contribution in [0.15, 0.2) is 57.7 Å². The number of phosphoric ester groups is 1. The Kier molecular flexibility index (Phi) is 8.43. The maximum Gasteiger partial charge on any atom is 0.471 e. The molecule has 14 heteroatoms. The van der Waals surface area contributed by atoms with E-state index in [0.29, 0.717) is 53.6 Å². The van der Waals surface area contributed by atoms with Crippen molar-refractivity contribution in [1.82, 2.24) is 10.2 Å². The molecular formula is C29H31N4O9P. The van der Waals surface area contributed by atoms with Crippen LogP contribution in [0.1, 0.15) is 23.2 Å². The van der Waals surface area contributed by atoms with Gasteiger partial charge in [-0.15, -0.1) is 0 Å². The van der Waals surface area contributed by atoms with Crippen molar-refractivity contribution >= 4 is 42.0 Å². The van der Waals surface area contributed by atoms with E-state index in [4.69, 9.17) is 20.4 Å². The number of anilines is 2. The molecule has 5 rings (SSSR count). The minimum atomic E-state index is -4.12. The van der Waals surface area contributed by atoms with Crippen LogP contribution in [0.4, 0.5) is 11.4 Å². The summed E-state index contributed by atoms with van der Waals surface area (Å²) in [5, 5.41) is 13.4. The number of nitrogen functional groups attached to an aromatic ring is 2. The van der Waals surface area contributed by atoms with Crippen LogP contribution in [0.2, 0.25) is 0 Å². The Morgan fingerprint density at radius 3 is 2.51 bits per heavy atom. The van der Waals surface area contributed by atoms with Crippen LogP contribution in [0.25, 0.3) is 33.4 Å². The fourth-order valence-electron chi connectivity index (χ4n) is 5.21. The summed E-state index contributed by atoms with van der Waals surface area (Å²) in [5.41, 5.74) is 14.8. The van der Waals surface area contributed by atoms with E-state index in [1.54, 1.807) is 23.1 Å². The molecule has 2 aromatic rings. The molecule has 226 valence electrons. The molecule has 1 unspecified atom stereocenters. The van der Waals surface area contributed by atoms with Crippen LogP contribution < -0.4 is 22.2 Å². The van der Waals surface area contributed by atoms with Gasteiger partial charge >= 0.3 is 7.82 Å². The normalized spacial score (nSPS) is 15.4. The number of fused-ring (bicyclic) bond motifs is 2. The zero-order valence-electron chi connectivity index (χ0n) is 23.2. The van der Waals surface area contributed by atoms with Gasteiger partial charge in [0, 0.05) is 66.9 Å². The van der Waals surface area contributed by atoms with Gasteiger partial charge < -0.3 is 36.1 Å². The quantitative estimate of drug-likeness (QED) is 0.0847. The SMILES string of the molecule is COP(=O)(O)OCCNC(=O)C1CCN(C(=O)c2cc(N)c(N)cc2-c2c3ccc(=O)cc-3oc3cc(O)ccc23)CC1. The Labute approximate surface area is 245 Å². The number of phenols is 1. The minimum Gasteiger partial charge on any atom is -0.508 e. The largest absolute Gasteiger partial charge is 0.508 e. The fourth-order valence-corrected chi connectivity index (χ4v) is 5.64. The molecule has 3 aliphatic rings. The first-order valence-electron chi connectivity index (χ1n) is 13.5. The number of piperidine rings is 1. The first-order valence-corrected chi connectivity index (χ1v) is 15.0. The van der Waals surface area contributed by atoms with Gasteiger partial charge in [0.25, 0.3) is 5.91 Å². The number of nitrogens with zero attached hydrogens (tertiary/aromatic N) is 1. The van der Waals surface area contributed by atoms with Crippen molar-refractivity contribution in [2.45, 2.75) is 12.8 Å². The van der Waals surface area contributed by atoms with Crippen molar-refractivity contribution < 1.29 is 37.6 Å². The highest BCUT2D eigenvalue weighted by atomic mass is 31.2. The maximum absolute atomic E-state index is 14.0. The summed E-state index contributed by atoms with van der Waals surface area (Å²) in [4.78, 5) is 49.7. The second kappa shape index (κ2) is 12.1. The molecule has 1 fully saturated rings. The van der Waals surface area contributed by atoms with E-state index in [0.717, 1.165) is 7.11 Å². The van der Waals surface area contributed by atoms with Crippen molar-refractivity contribution in [2.24, 2.45) is 5.92 Å². The molecule has 0 radical (unpaired) electrons. The Morgan fingerprint density at radius 1 is 1.07 bits per heavy atom. The number of nitrogens with two attached hydrogens (primary N) is 2. The molecular weight excluding hydrogens is 579 g/mol. The predicted molar refractivity (Wildman–Crippen MR) is 159 cm³/mol. The lowest BCUT2D eigenvalue weighted by molar-refractivity contribution is -0.126. The molecule has 7 N–H and O–H groups in total. The molecule has 0 bridgehead atoms. The number of rotatable bonds is 8. The summed E-state index contributed by atoms with van der Waals surface area (Å²) in [6.07, 6.45) is 0.798. The molecule has 1 saturated heterocycles. The molecule has 2 heterocycles. The van der Waals surface area contributed by atoms with E-state index in [-0.39, 0.29) is 64.8 Å². The number of carbonyl (C=O) groups excluding carboxylic acids is 2. The monoisotopic (exact) mass is 610 g/mol. The van der Waals surface area contributed by atoms with E-state index < -0.39 is 7.82 Å². The third-order valence-electron chi connectivity index (χ3n) is 7.44. The van der Waals surface area contributed by atoms with Gasteiger partial charge in [0.1, 0.15) is 17.1 Å². The van der Waals surface area contributed by atoms with Crippen LogP contribution in [0.3, 0.4) is 0 Å². The van der Waals surface area contributed by atoms with Crippen molar-refractivity contribution in [3.8, 4) is 28.2 Å². The maximum atomic E-state index is 14.0. The number of benzene rings is 3. The van der Waals surface area contributed by atoms with Gasteiger partial charge in [0.15, 0.2) is 5.43 Å². The van der Waals surface area contributed by atoms with Crippen LogP contribution in [-0.4, -0.2) is 60.1 Å². The second-order valence-corrected chi connectivity index (χ2v) is 11.7. The number of phenolic OH excluding ortho intramolecular Hbond substituents is 1. The third kappa shape index (κ3) is 6.35. The lowest BCUT2D eigenvalue weighted by Gasteiger charge is -2.32. The Bertz CT molecular complexity index is 1780. The first kappa shape index (κ1) is 30.1. The van der Waals surface area contributed by atoms with E-state index in [2.05, 4.69) is 9.84 Å². The summed E-state index contributed by atoms with van der Waals surface area (Å²) in [7, 11) is -3.08. The minimum absolute atomic E-state index is 0.0247. The highest BCUT2D eigenvalue weighted by molar-refractivity contribution is 7.47. The van der Waals surface area contributed by atoms with Gasteiger partial charge in [0.2, 0.25) is 5.91 Å². The van der Waals surface area contributed by atoms with E-state index in [1.165, 1.54) is 30.3 Å². The number of hydrogen-bond acceptors (Lipinski definition) is 10. The van der Waals surface area contributed by atoms with Gasteiger partial charge in [0.05, 0.1) is 18.0 Å². The highest BCUT2D eigenvalue weighted by Crippen LogP contribution is 2.44. The molecule has 13 nitrogen and oxygen atoms in total. The van der Waals surface area contributed by atoms with Gasteiger partial charge in [-0.1, -0.05) is 0 Å². The van der Waals surface area contributed by atoms with Crippen LogP contribution in [0, 0.1) is 5.92 Å². The van der Waals surface area contributed by atoms with Gasteiger partial charge in [-0.2, -0.15) is 0 Å². The number of likely N-dealkylation sites (tertiary alicyclic amines) is 1. The molecule has 2 aromatic carbocycles. The van der Waals surface area contributed by atoms with Gasteiger partial charge in [-0.3, -0.25) is 23.4 Å². The highest BCUT2D eigenvalue weighted by Gasteiger charge is 2.31. The van der Waals surface area contributed by atoms with Gasteiger partial charge in [-0.05, 0) is 54.8 Å². The molecule has 0 aromatic heterocycles. The summed E-state index contributed by atoms with van der Waals surface area (Å²) >= 11 is 0. The van der Waals surface area contributed by atoms with Crippen molar-refractivity contribution in [3.63, 3.8) is 0 Å². The smallest absolute Gasteiger partial charge is 0.471 e. The zero-order chi connectivity index (χ0) is 30.9. The summed E-state index contributed by atoms with van der Waals surface area (Å²) in [6, 6.07) is 12.1. The number of amides is 2. The van der Waals surface area contributed by atoms with E-state index in [1.807, 2.05) is 0 Å². The van der Waals surface area contributed by atoms with E-state index >= 15 is 0 Å². The molecule has 2 amide bonds. The summed E-state index contributed by atoms with van der Waals surface area (Å²) < 4.78 is 26.4. The Balaban J connectivity index is 1.42. The Hall–Kier alpha value is -4.42. The topological polar surface area (TPSA) is 208 Å². The van der Waals surface area contributed by atoms with Crippen molar-refractivity contribution in [2.75, 3.05) is 44.8 Å². The summed E-state index contributed by atoms with van der Waals surface area (Å²) in [5.74, 6) is -0.675. The lowest BCUT2D eigenvalue weighted by atomic mass is 9.89. The zero-order valence-corrected chi connectivity index (χ0v) is 24.1. The second-order valence-electron chi connectivity index (χ2n) is 10.2. The average molecular weight is 611 g/mol. The average Bonchev–Trinajstić information content (AvgIpc) is 2.98. The molecule has 1 aliphatic carbocycles. The van der Waals surface area contributed by atoms with E-state index in [9.17, 15) is 28.9 Å². The molecule has 0 spiro atoms. The van der Waals surface area contributed by atoms with Crippen molar-refractivity contribution in [1.29, 1.82) is 0 Å². The Morgan fingerprint density at radius 2 is 1.79 bits per heavy atom. The third-order valence-corrected chi connectivity index (χ3v) is 8.41. The number of nitrogens with one attached hydrogen (secondary N) is 1. The predicted octanol–water partition coefficient (Wildman–Crippen LogP) is 3.17. The number of aromatic hydroxyl groups is 1. The molecule has 43 heavy (non-hydrogen) atoms. The van der Waals surface area contributed by atoms with Crippen LogP contribution >= 0.6 is 7.82 Å². The lowest BCUT2D eigenvalue weighted by Crippen LogP contribution is -2.43. The fraction of sp³-hybridized carbons (Fsp3) is 0.276. The van der Waals surface area contributed by atoms with Crippen LogP contribution in [0.5, 0.6) is 5.75 Å². The molecule has 1 atom stereocenters. The number of hydrogen-bond donors (Lipinski definition) is 5. The number of phosphoric acid groups is 1. The standard InChI is InChI=1S/C29H31N4O9P/c1-40-43(38,39)41-11-8-32-28(36)16-6-9-33(10-7-16)29(37)22-15-24(31)23(30)14-21(22)27-19-4-2-17(34)12-25(19)42-26-13-18(35)3-5-20(26)27/h2-5,12-16,34H,6-11,30-31H2,1H3,(H,32,36)(H,38,39).